The maximum atomic E-state index is 13.5. The van der Waals surface area contributed by atoms with Crippen molar-refractivity contribution in [3.05, 3.63) is 71.5 Å². The third-order valence-electron chi connectivity index (χ3n) is 5.53. The molecule has 136 valence electrons. The van der Waals surface area contributed by atoms with Crippen molar-refractivity contribution < 1.29 is 23.1 Å². The van der Waals surface area contributed by atoms with Gasteiger partial charge in [0.15, 0.2) is 0 Å². The predicted molar refractivity (Wildman–Crippen MR) is 94.6 cm³/mol. The van der Waals surface area contributed by atoms with Crippen molar-refractivity contribution in [3.8, 4) is 0 Å². The fourth-order valence-corrected chi connectivity index (χ4v) is 3.85. The van der Waals surface area contributed by atoms with Gasteiger partial charge in [0.1, 0.15) is 5.82 Å². The van der Waals surface area contributed by atoms with E-state index in [2.05, 4.69) is 14.1 Å². The minimum atomic E-state index is -1.36. The predicted octanol–water partition coefficient (Wildman–Crippen LogP) is 3.21. The molecule has 4 nitrogen and oxygen atoms in total. The zero-order valence-electron chi connectivity index (χ0n) is 15.1. The molecule has 0 radical (unpaired) electrons. The first-order valence-electron chi connectivity index (χ1n) is 8.93. The van der Waals surface area contributed by atoms with Crippen LogP contribution in [0.1, 0.15) is 24.0 Å². The van der Waals surface area contributed by atoms with Crippen LogP contribution in [-0.4, -0.2) is 43.4 Å². The van der Waals surface area contributed by atoms with E-state index in [0.29, 0.717) is 24.0 Å². The number of piperidine rings is 1. The third kappa shape index (κ3) is 2.72. The number of carbonyl (C=O) groups excluding carboxylic acids is 1. The molecule has 4 rings (SSSR count). The fraction of sp³-hybridized carbons (Fsp3) is 0.381. The molecule has 0 saturated carbocycles. The molecule has 2 aliphatic heterocycles. The van der Waals surface area contributed by atoms with E-state index in [9.17, 15) is 9.18 Å². The van der Waals surface area contributed by atoms with Crippen LogP contribution in [0, 0.1) is 5.82 Å². The lowest BCUT2D eigenvalue weighted by Gasteiger charge is -2.41. The van der Waals surface area contributed by atoms with E-state index in [1.54, 1.807) is 12.1 Å². The number of quaternary nitrogens is 1. The van der Waals surface area contributed by atoms with Crippen LogP contribution < -0.4 is 0 Å². The smallest absolute Gasteiger partial charge is 0.350 e. The van der Waals surface area contributed by atoms with Crippen molar-refractivity contribution in [1.82, 2.24) is 0 Å². The quantitative estimate of drug-likeness (QED) is 0.612. The molecule has 2 saturated heterocycles. The minimum absolute atomic E-state index is 0.352. The lowest BCUT2D eigenvalue weighted by atomic mass is 9.86. The molecule has 5 heteroatoms. The monoisotopic (exact) mass is 356 g/mol. The minimum Gasteiger partial charge on any atom is -0.430 e. The highest BCUT2D eigenvalue weighted by Gasteiger charge is 2.61. The average Bonchev–Trinajstić information content (AvgIpc) is 2.93. The van der Waals surface area contributed by atoms with E-state index >= 15 is 0 Å². The second-order valence-electron chi connectivity index (χ2n) is 7.84. The first kappa shape index (κ1) is 17.2. The molecular weight excluding hydrogens is 333 g/mol. The van der Waals surface area contributed by atoms with Crippen LogP contribution in [-0.2, 0) is 19.9 Å². The summed E-state index contributed by atoms with van der Waals surface area (Å²) in [6.07, 6.45) is 1.28. The van der Waals surface area contributed by atoms with Gasteiger partial charge in [0.05, 0.1) is 40.0 Å². The second kappa shape index (κ2) is 5.89. The Morgan fingerprint density at radius 3 is 2.12 bits per heavy atom. The van der Waals surface area contributed by atoms with Gasteiger partial charge in [-0.05, 0) is 23.3 Å². The van der Waals surface area contributed by atoms with Crippen LogP contribution in [0.2, 0.25) is 0 Å². The van der Waals surface area contributed by atoms with Gasteiger partial charge in [-0.15, -0.1) is 0 Å². The highest BCUT2D eigenvalue weighted by molar-refractivity contribution is 5.87. The topological polar surface area (TPSA) is 35.5 Å². The number of ether oxygens (including phenoxy) is 2. The summed E-state index contributed by atoms with van der Waals surface area (Å²) in [6.45, 7) is 1.73. The lowest BCUT2D eigenvalue weighted by molar-refractivity contribution is -0.898. The first-order valence-corrected chi connectivity index (χ1v) is 8.93. The van der Waals surface area contributed by atoms with Crippen LogP contribution in [0.3, 0.4) is 0 Å². The molecule has 2 fully saturated rings. The summed E-state index contributed by atoms with van der Waals surface area (Å²) < 4.78 is 26.7. The van der Waals surface area contributed by atoms with Crippen molar-refractivity contribution in [3.63, 3.8) is 0 Å². The van der Waals surface area contributed by atoms with E-state index in [0.717, 1.165) is 17.6 Å². The lowest BCUT2D eigenvalue weighted by Crippen LogP contribution is -2.53. The van der Waals surface area contributed by atoms with E-state index in [1.165, 1.54) is 12.1 Å². The summed E-state index contributed by atoms with van der Waals surface area (Å²) in [5.74, 6) is -1.70. The summed E-state index contributed by atoms with van der Waals surface area (Å²) in [5.41, 5.74) is -0.0669. The highest BCUT2D eigenvalue weighted by atomic mass is 19.1. The molecule has 2 aromatic rings. The van der Waals surface area contributed by atoms with Gasteiger partial charge in [-0.3, -0.25) is 0 Å². The number of likely N-dealkylation sites (tertiary alicyclic amines) is 1. The van der Waals surface area contributed by atoms with E-state index in [4.69, 9.17) is 9.47 Å². The molecule has 0 N–H and O–H groups in total. The number of halogens is 1. The van der Waals surface area contributed by atoms with Gasteiger partial charge in [0.2, 0.25) is 11.4 Å². The molecule has 0 amide bonds. The number of rotatable bonds is 2. The Bertz CT molecular complexity index is 809. The molecule has 0 bridgehead atoms. The molecule has 26 heavy (non-hydrogen) atoms. The molecule has 0 aliphatic carbocycles. The molecule has 2 aliphatic rings. The Hall–Kier alpha value is -2.24. The number of esters is 1. The second-order valence-corrected chi connectivity index (χ2v) is 7.84. The maximum absolute atomic E-state index is 13.5. The Morgan fingerprint density at radius 1 is 0.923 bits per heavy atom. The normalized spacial score (nSPS) is 26.7. The van der Waals surface area contributed by atoms with Gasteiger partial charge in [-0.2, -0.15) is 0 Å². The molecule has 1 atom stereocenters. The van der Waals surface area contributed by atoms with Crippen molar-refractivity contribution in [2.24, 2.45) is 0 Å². The summed E-state index contributed by atoms with van der Waals surface area (Å²) >= 11 is 0. The average molecular weight is 356 g/mol. The Kier molecular flexibility index (Phi) is 3.90. The Balaban J connectivity index is 1.80. The standard InChI is InChI=1S/C21H23FNO3/c1-23(2)14-12-20(13-15-23)25-19(24)21(26-20,16-6-4-3-5-7-16)17-8-10-18(22)11-9-17/h3-11H,12-15H2,1-2H3/q+1. The van der Waals surface area contributed by atoms with Crippen molar-refractivity contribution >= 4 is 5.97 Å². The zero-order valence-corrected chi connectivity index (χ0v) is 15.1. The number of hydrogen-bond donors (Lipinski definition) is 0. The van der Waals surface area contributed by atoms with Crippen molar-refractivity contribution in [2.45, 2.75) is 24.2 Å². The van der Waals surface area contributed by atoms with Crippen LogP contribution in [0.4, 0.5) is 4.39 Å². The van der Waals surface area contributed by atoms with Crippen LogP contribution in [0.25, 0.3) is 0 Å². The molecule has 1 unspecified atom stereocenters. The van der Waals surface area contributed by atoms with Gasteiger partial charge >= 0.3 is 5.97 Å². The zero-order chi connectivity index (χ0) is 18.4. The molecule has 0 aromatic heterocycles. The van der Waals surface area contributed by atoms with E-state index in [-0.39, 0.29) is 5.82 Å². The summed E-state index contributed by atoms with van der Waals surface area (Å²) in [4.78, 5) is 13.2. The SMILES string of the molecule is C[N+]1(C)CCC2(CC1)OC(=O)C(c1ccccc1)(c1ccc(F)cc1)O2. The molecular formula is C21H23FNO3+. The Labute approximate surface area is 152 Å². The van der Waals surface area contributed by atoms with Gasteiger partial charge in [0.25, 0.3) is 0 Å². The van der Waals surface area contributed by atoms with Crippen LogP contribution in [0.15, 0.2) is 54.6 Å². The van der Waals surface area contributed by atoms with Gasteiger partial charge in [0, 0.05) is 0 Å². The largest absolute Gasteiger partial charge is 0.430 e. The summed E-state index contributed by atoms with van der Waals surface area (Å²) in [6, 6.07) is 15.2. The fourth-order valence-electron chi connectivity index (χ4n) is 3.85. The van der Waals surface area contributed by atoms with Crippen LogP contribution in [0.5, 0.6) is 0 Å². The number of hydrogen-bond acceptors (Lipinski definition) is 3. The number of carbonyl (C=O) groups is 1. The number of benzene rings is 2. The highest BCUT2D eigenvalue weighted by Crippen LogP contribution is 2.49. The van der Waals surface area contributed by atoms with Gasteiger partial charge in [-0.25, -0.2) is 9.18 Å². The van der Waals surface area contributed by atoms with E-state index < -0.39 is 17.4 Å². The van der Waals surface area contributed by atoms with E-state index in [1.807, 2.05) is 30.3 Å². The van der Waals surface area contributed by atoms with Crippen molar-refractivity contribution in [1.29, 1.82) is 0 Å². The maximum Gasteiger partial charge on any atom is 0.350 e. The third-order valence-corrected chi connectivity index (χ3v) is 5.53. The molecule has 2 aromatic carbocycles. The first-order chi connectivity index (χ1) is 12.4. The van der Waals surface area contributed by atoms with Crippen LogP contribution >= 0.6 is 0 Å². The van der Waals surface area contributed by atoms with Gasteiger partial charge in [-0.1, -0.05) is 42.5 Å². The molecule has 1 spiro atoms. The molecule has 2 heterocycles. The summed E-state index contributed by atoms with van der Waals surface area (Å²) in [5, 5.41) is 0. The van der Waals surface area contributed by atoms with Gasteiger partial charge < -0.3 is 14.0 Å². The summed E-state index contributed by atoms with van der Waals surface area (Å²) in [7, 11) is 4.32. The Morgan fingerprint density at radius 2 is 1.50 bits per heavy atom. The van der Waals surface area contributed by atoms with Crippen molar-refractivity contribution in [2.75, 3.05) is 27.2 Å². The number of nitrogens with zero attached hydrogens (tertiary/aromatic N) is 1.